The quantitative estimate of drug-likeness (QED) is 0.413. The van der Waals surface area contributed by atoms with Gasteiger partial charge in [-0.3, -0.25) is 4.79 Å². The molecule has 0 saturated carbocycles. The number of esters is 1. The molecule has 1 amide bonds. The summed E-state index contributed by atoms with van der Waals surface area (Å²) in [7, 11) is 0. The minimum Gasteiger partial charge on any atom is -0.474 e. The fraction of sp³-hybridized carbons (Fsp3) is 0.684. The number of nitrogens with one attached hydrogen (secondary N) is 1. The molecular formula is C19H32N2O4. The molecule has 3 atom stereocenters. The minimum atomic E-state index is -0.746. The van der Waals surface area contributed by atoms with E-state index in [1.54, 1.807) is 13.0 Å². The van der Waals surface area contributed by atoms with E-state index in [2.05, 4.69) is 18.5 Å². The van der Waals surface area contributed by atoms with Crippen LogP contribution in [0.25, 0.3) is 0 Å². The maximum Gasteiger partial charge on any atom is 0.329 e. The van der Waals surface area contributed by atoms with Gasteiger partial charge in [-0.05, 0) is 47.1 Å². The van der Waals surface area contributed by atoms with Crippen LogP contribution in [0.2, 0.25) is 0 Å². The molecule has 1 N–H and O–H groups in total. The molecule has 2 unspecified atom stereocenters. The summed E-state index contributed by atoms with van der Waals surface area (Å²) in [4.78, 5) is 26.8. The lowest BCUT2D eigenvalue weighted by atomic mass is 10.0. The summed E-state index contributed by atoms with van der Waals surface area (Å²) in [5.41, 5.74) is -0.383. The topological polar surface area (TPSA) is 67.9 Å². The molecule has 1 fully saturated rings. The van der Waals surface area contributed by atoms with Crippen LogP contribution in [0.1, 0.15) is 47.5 Å². The molecule has 25 heavy (non-hydrogen) atoms. The number of likely N-dealkylation sites (tertiary alicyclic amines) is 1. The van der Waals surface area contributed by atoms with Crippen molar-refractivity contribution in [3.05, 3.63) is 25.1 Å². The molecule has 1 heterocycles. The fourth-order valence-electron chi connectivity index (χ4n) is 2.77. The molecule has 142 valence electrons. The van der Waals surface area contributed by atoms with Gasteiger partial charge in [0.15, 0.2) is 5.88 Å². The van der Waals surface area contributed by atoms with Crippen LogP contribution in [-0.4, -0.2) is 47.6 Å². The number of carbonyl (C=O) groups excluding carboxylic acids is 2. The summed E-state index contributed by atoms with van der Waals surface area (Å²) < 4.78 is 10.9. The predicted molar refractivity (Wildman–Crippen MR) is 97.6 cm³/mol. The van der Waals surface area contributed by atoms with Crippen LogP contribution in [0.3, 0.4) is 0 Å². The van der Waals surface area contributed by atoms with Crippen molar-refractivity contribution in [2.75, 3.05) is 13.2 Å². The van der Waals surface area contributed by atoms with Gasteiger partial charge in [-0.2, -0.15) is 0 Å². The largest absolute Gasteiger partial charge is 0.474 e. The number of hydrogen-bond acceptors (Lipinski definition) is 5. The van der Waals surface area contributed by atoms with E-state index in [9.17, 15) is 9.59 Å². The molecule has 1 aliphatic heterocycles. The molecule has 1 rings (SSSR count). The second-order valence-electron chi connectivity index (χ2n) is 7.29. The van der Waals surface area contributed by atoms with Crippen molar-refractivity contribution >= 4 is 11.9 Å². The Morgan fingerprint density at radius 3 is 2.56 bits per heavy atom. The highest BCUT2D eigenvalue weighted by atomic mass is 16.5. The number of carbonyl (C=O) groups is 2. The molecule has 6 heteroatoms. The normalized spacial score (nSPS) is 19.7. The number of hydrogen-bond donors (Lipinski definition) is 1. The molecule has 0 aliphatic carbocycles. The van der Waals surface area contributed by atoms with E-state index in [0.717, 1.165) is 6.42 Å². The Morgan fingerprint density at radius 1 is 1.40 bits per heavy atom. The van der Waals surface area contributed by atoms with Gasteiger partial charge in [0.2, 0.25) is 5.91 Å². The van der Waals surface area contributed by atoms with Gasteiger partial charge < -0.3 is 19.7 Å². The lowest BCUT2D eigenvalue weighted by Gasteiger charge is -2.33. The minimum absolute atomic E-state index is 0.220. The van der Waals surface area contributed by atoms with Crippen molar-refractivity contribution in [3.63, 3.8) is 0 Å². The number of rotatable bonds is 8. The van der Waals surface area contributed by atoms with Crippen LogP contribution < -0.4 is 5.32 Å². The van der Waals surface area contributed by atoms with Crippen molar-refractivity contribution in [2.24, 2.45) is 5.92 Å². The standard InChI is InChI=1S/C19H32N2O4/c1-8-13(3)16(18(23)24-9-2)20-17(22)15-11-10-12-21(15)14(4)25-19(5,6)7/h8,13,15-16H,1,4,9-12H2,2-3,5-7H3,(H,20,22)/t13?,15-,16?/m0/s1. The Morgan fingerprint density at radius 2 is 2.04 bits per heavy atom. The molecular weight excluding hydrogens is 320 g/mol. The molecule has 0 spiro atoms. The third-order valence-corrected chi connectivity index (χ3v) is 4.04. The molecule has 0 aromatic carbocycles. The second-order valence-corrected chi connectivity index (χ2v) is 7.29. The van der Waals surface area contributed by atoms with E-state index < -0.39 is 18.1 Å². The van der Waals surface area contributed by atoms with Crippen LogP contribution >= 0.6 is 0 Å². The van der Waals surface area contributed by atoms with Crippen molar-refractivity contribution in [1.29, 1.82) is 0 Å². The van der Waals surface area contributed by atoms with Gasteiger partial charge in [0.25, 0.3) is 0 Å². The van der Waals surface area contributed by atoms with E-state index in [1.807, 2.05) is 32.6 Å². The molecule has 0 radical (unpaired) electrons. The van der Waals surface area contributed by atoms with E-state index in [1.165, 1.54) is 0 Å². The molecule has 0 aromatic rings. The monoisotopic (exact) mass is 352 g/mol. The zero-order chi connectivity index (χ0) is 19.2. The van der Waals surface area contributed by atoms with Gasteiger partial charge in [0.05, 0.1) is 6.61 Å². The zero-order valence-corrected chi connectivity index (χ0v) is 16.1. The zero-order valence-electron chi connectivity index (χ0n) is 16.1. The van der Waals surface area contributed by atoms with Crippen LogP contribution in [0, 0.1) is 5.92 Å². The fourth-order valence-corrected chi connectivity index (χ4v) is 2.77. The van der Waals surface area contributed by atoms with Crippen molar-refractivity contribution < 1.29 is 19.1 Å². The van der Waals surface area contributed by atoms with E-state index in [-0.39, 0.29) is 24.0 Å². The molecule has 6 nitrogen and oxygen atoms in total. The lowest BCUT2D eigenvalue weighted by Crippen LogP contribution is -2.52. The molecule has 0 aromatic heterocycles. The first-order chi connectivity index (χ1) is 11.6. The SMILES string of the molecule is C=CC(C)C(NC(=O)[C@@H]1CCCN1C(=C)OC(C)(C)C)C(=O)OCC. The summed E-state index contributed by atoms with van der Waals surface area (Å²) in [6.07, 6.45) is 3.19. The number of ether oxygens (including phenoxy) is 2. The van der Waals surface area contributed by atoms with Gasteiger partial charge in [-0.1, -0.05) is 13.0 Å². The van der Waals surface area contributed by atoms with Gasteiger partial charge in [0.1, 0.15) is 17.7 Å². The number of nitrogens with zero attached hydrogens (tertiary/aromatic N) is 1. The van der Waals surface area contributed by atoms with Gasteiger partial charge in [-0.25, -0.2) is 4.79 Å². The summed E-state index contributed by atoms with van der Waals surface area (Å²) >= 11 is 0. The van der Waals surface area contributed by atoms with Gasteiger partial charge >= 0.3 is 5.97 Å². The average molecular weight is 352 g/mol. The number of amides is 1. The van der Waals surface area contributed by atoms with Gasteiger partial charge in [-0.15, -0.1) is 6.58 Å². The highest BCUT2D eigenvalue weighted by Gasteiger charge is 2.36. The Kier molecular flexibility index (Phi) is 7.52. The second kappa shape index (κ2) is 8.92. The van der Waals surface area contributed by atoms with Crippen molar-refractivity contribution in [2.45, 2.75) is 65.1 Å². The van der Waals surface area contributed by atoms with E-state index in [0.29, 0.717) is 18.8 Å². The maximum atomic E-state index is 12.8. The Bertz CT molecular complexity index is 510. The smallest absolute Gasteiger partial charge is 0.329 e. The first-order valence-electron chi connectivity index (χ1n) is 8.84. The van der Waals surface area contributed by atoms with Crippen molar-refractivity contribution in [3.8, 4) is 0 Å². The van der Waals surface area contributed by atoms with Crippen LogP contribution in [0.4, 0.5) is 0 Å². The van der Waals surface area contributed by atoms with Gasteiger partial charge in [0, 0.05) is 12.5 Å². The molecule has 1 aliphatic rings. The van der Waals surface area contributed by atoms with Crippen LogP contribution in [0.15, 0.2) is 25.1 Å². The summed E-state index contributed by atoms with van der Waals surface area (Å²) in [6.45, 7) is 18.0. The maximum absolute atomic E-state index is 12.8. The predicted octanol–water partition coefficient (Wildman–Crippen LogP) is 2.61. The summed E-state index contributed by atoms with van der Waals surface area (Å²) in [6, 6.07) is -1.15. The van der Waals surface area contributed by atoms with E-state index >= 15 is 0 Å². The Labute approximate surface area is 151 Å². The van der Waals surface area contributed by atoms with Crippen LogP contribution in [-0.2, 0) is 19.1 Å². The Balaban J connectivity index is 2.83. The average Bonchev–Trinajstić information content (AvgIpc) is 3.00. The van der Waals surface area contributed by atoms with Crippen LogP contribution in [0.5, 0.6) is 0 Å². The molecule has 1 saturated heterocycles. The highest BCUT2D eigenvalue weighted by Crippen LogP contribution is 2.25. The van der Waals surface area contributed by atoms with Crippen molar-refractivity contribution in [1.82, 2.24) is 10.2 Å². The first kappa shape index (κ1) is 21.1. The highest BCUT2D eigenvalue weighted by molar-refractivity contribution is 5.88. The third-order valence-electron chi connectivity index (χ3n) is 4.04. The third kappa shape index (κ3) is 6.11. The summed E-state index contributed by atoms with van der Waals surface area (Å²) in [5.74, 6) is -0.415. The molecule has 0 bridgehead atoms. The lowest BCUT2D eigenvalue weighted by molar-refractivity contribution is -0.149. The first-order valence-corrected chi connectivity index (χ1v) is 8.84. The van der Waals surface area contributed by atoms with E-state index in [4.69, 9.17) is 9.47 Å². The Hall–Kier alpha value is -1.98. The summed E-state index contributed by atoms with van der Waals surface area (Å²) in [5, 5.41) is 2.82.